The summed E-state index contributed by atoms with van der Waals surface area (Å²) in [4.78, 5) is 0. The van der Waals surface area contributed by atoms with Gasteiger partial charge in [-0.1, -0.05) is 6.92 Å². The maximum atomic E-state index is 3.71. The number of nitrogens with one attached hydrogen (secondary N) is 1. The summed E-state index contributed by atoms with van der Waals surface area (Å²) in [6.07, 6.45) is 6.38. The summed E-state index contributed by atoms with van der Waals surface area (Å²) < 4.78 is 0. The van der Waals surface area contributed by atoms with Crippen LogP contribution in [0, 0.1) is 5.92 Å². The Morgan fingerprint density at radius 3 is 2.58 bits per heavy atom. The van der Waals surface area contributed by atoms with Crippen LogP contribution in [-0.2, 0) is 0 Å². The van der Waals surface area contributed by atoms with Crippen LogP contribution in [0.4, 0.5) is 0 Å². The minimum atomic E-state index is 0.686. The van der Waals surface area contributed by atoms with E-state index in [0.29, 0.717) is 6.04 Å². The largest absolute Gasteiger partial charge is 0.310 e. The third kappa shape index (κ3) is 3.36. The molecule has 1 fully saturated rings. The van der Waals surface area contributed by atoms with E-state index in [0.717, 1.165) is 12.0 Å². The van der Waals surface area contributed by atoms with Crippen molar-refractivity contribution < 1.29 is 0 Å². The first kappa shape index (κ1) is 10.4. The average Bonchev–Trinajstić information content (AvgIpc) is 2.83. The molecule has 2 unspecified atom stereocenters. The van der Waals surface area contributed by atoms with Crippen molar-refractivity contribution in [3.8, 4) is 0 Å². The summed E-state index contributed by atoms with van der Waals surface area (Å²) >= 11 is 1.93. The van der Waals surface area contributed by atoms with Gasteiger partial charge in [-0.25, -0.2) is 0 Å². The lowest BCUT2D eigenvalue weighted by molar-refractivity contribution is 0.415. The second kappa shape index (κ2) is 5.13. The van der Waals surface area contributed by atoms with E-state index in [4.69, 9.17) is 0 Å². The zero-order chi connectivity index (χ0) is 8.97. The normalized spacial score (nSPS) is 22.2. The molecule has 12 heavy (non-hydrogen) atoms. The van der Waals surface area contributed by atoms with Gasteiger partial charge in [0.1, 0.15) is 0 Å². The van der Waals surface area contributed by atoms with Gasteiger partial charge in [0.15, 0.2) is 0 Å². The van der Waals surface area contributed by atoms with Crippen LogP contribution in [0.5, 0.6) is 0 Å². The Hall–Kier alpha value is 0.310. The van der Waals surface area contributed by atoms with Crippen molar-refractivity contribution in [3.63, 3.8) is 0 Å². The minimum Gasteiger partial charge on any atom is -0.310 e. The summed E-state index contributed by atoms with van der Waals surface area (Å²) in [7, 11) is 0. The van der Waals surface area contributed by atoms with Gasteiger partial charge in [0, 0.05) is 17.8 Å². The highest BCUT2D eigenvalue weighted by molar-refractivity contribution is 7.98. The van der Waals surface area contributed by atoms with Crippen LogP contribution in [0.15, 0.2) is 0 Å². The zero-order valence-electron chi connectivity index (χ0n) is 8.47. The van der Waals surface area contributed by atoms with Crippen molar-refractivity contribution in [2.24, 2.45) is 5.92 Å². The average molecular weight is 187 g/mol. The first-order valence-corrected chi connectivity index (χ1v) is 6.42. The Morgan fingerprint density at radius 1 is 1.50 bits per heavy atom. The van der Waals surface area contributed by atoms with Gasteiger partial charge >= 0.3 is 0 Å². The molecule has 1 aliphatic rings. The van der Waals surface area contributed by atoms with Crippen molar-refractivity contribution in [2.75, 3.05) is 12.0 Å². The van der Waals surface area contributed by atoms with Crippen molar-refractivity contribution >= 4 is 11.8 Å². The highest BCUT2D eigenvalue weighted by atomic mass is 32.2. The van der Waals surface area contributed by atoms with Gasteiger partial charge in [-0.05, 0) is 38.4 Å². The summed E-state index contributed by atoms with van der Waals surface area (Å²) in [5.74, 6) is 2.24. The maximum Gasteiger partial charge on any atom is 0.0132 e. The van der Waals surface area contributed by atoms with Crippen LogP contribution in [0.3, 0.4) is 0 Å². The Morgan fingerprint density at radius 2 is 2.17 bits per heavy atom. The molecule has 0 bridgehead atoms. The van der Waals surface area contributed by atoms with Gasteiger partial charge in [0.25, 0.3) is 0 Å². The van der Waals surface area contributed by atoms with Gasteiger partial charge < -0.3 is 5.32 Å². The Kier molecular flexibility index (Phi) is 4.44. The van der Waals surface area contributed by atoms with Gasteiger partial charge in [-0.3, -0.25) is 0 Å². The predicted octanol–water partition coefficient (Wildman–Crippen LogP) is 2.52. The van der Waals surface area contributed by atoms with Gasteiger partial charge in [0.05, 0.1) is 0 Å². The van der Waals surface area contributed by atoms with E-state index in [2.05, 4.69) is 25.4 Å². The Labute approximate surface area is 80.7 Å². The molecule has 0 radical (unpaired) electrons. The van der Waals surface area contributed by atoms with E-state index in [-0.39, 0.29) is 0 Å². The Balaban J connectivity index is 2.16. The monoisotopic (exact) mass is 187 g/mol. The minimum absolute atomic E-state index is 0.686. The molecular formula is C10H21NS. The van der Waals surface area contributed by atoms with E-state index in [1.807, 2.05) is 11.8 Å². The number of hydrogen-bond acceptors (Lipinski definition) is 2. The molecule has 1 nitrogen and oxygen atoms in total. The molecule has 0 heterocycles. The summed E-state index contributed by atoms with van der Waals surface area (Å²) in [5, 5.41) is 3.71. The van der Waals surface area contributed by atoms with Gasteiger partial charge in [-0.2, -0.15) is 11.8 Å². The highest BCUT2D eigenvalue weighted by Gasteiger charge is 2.30. The molecular weight excluding hydrogens is 166 g/mol. The van der Waals surface area contributed by atoms with Crippen LogP contribution >= 0.6 is 11.8 Å². The lowest BCUT2D eigenvalue weighted by Gasteiger charge is -2.21. The number of hydrogen-bond donors (Lipinski definition) is 1. The van der Waals surface area contributed by atoms with Gasteiger partial charge in [0.2, 0.25) is 0 Å². The second-order valence-electron chi connectivity index (χ2n) is 3.88. The summed E-state index contributed by atoms with van der Waals surface area (Å²) in [6.45, 7) is 4.59. The maximum absolute atomic E-state index is 3.71. The van der Waals surface area contributed by atoms with E-state index < -0.39 is 0 Å². The molecule has 1 aliphatic carbocycles. The fourth-order valence-corrected chi connectivity index (χ4v) is 2.35. The van der Waals surface area contributed by atoms with Gasteiger partial charge in [-0.15, -0.1) is 0 Å². The van der Waals surface area contributed by atoms with Crippen molar-refractivity contribution in [2.45, 2.75) is 45.2 Å². The standard InChI is InChI=1S/C10H21NS/c1-4-10(9-5-6-9)11-8(2)7-12-3/h8-11H,4-7H2,1-3H3. The molecule has 72 valence electrons. The molecule has 0 aromatic carbocycles. The van der Waals surface area contributed by atoms with E-state index in [1.165, 1.54) is 25.0 Å². The predicted molar refractivity (Wildman–Crippen MR) is 57.8 cm³/mol. The summed E-state index contributed by atoms with van der Waals surface area (Å²) in [6, 6.07) is 1.48. The molecule has 1 saturated carbocycles. The topological polar surface area (TPSA) is 12.0 Å². The molecule has 0 aromatic rings. The molecule has 2 atom stereocenters. The third-order valence-corrected chi connectivity index (χ3v) is 3.38. The van der Waals surface area contributed by atoms with Crippen LogP contribution < -0.4 is 5.32 Å². The first-order valence-electron chi connectivity index (χ1n) is 5.03. The molecule has 2 heteroatoms. The molecule has 0 aromatic heterocycles. The smallest absolute Gasteiger partial charge is 0.0132 e. The molecule has 0 saturated heterocycles. The number of thioether (sulfide) groups is 1. The quantitative estimate of drug-likeness (QED) is 0.686. The molecule has 0 spiro atoms. The van der Waals surface area contributed by atoms with Crippen molar-refractivity contribution in [3.05, 3.63) is 0 Å². The van der Waals surface area contributed by atoms with Crippen LogP contribution in [0.1, 0.15) is 33.1 Å². The lowest BCUT2D eigenvalue weighted by Crippen LogP contribution is -2.38. The first-order chi connectivity index (χ1) is 5.77. The fourth-order valence-electron chi connectivity index (χ4n) is 1.75. The van der Waals surface area contributed by atoms with E-state index in [1.54, 1.807) is 0 Å². The fraction of sp³-hybridized carbons (Fsp3) is 1.00. The number of rotatable bonds is 6. The zero-order valence-corrected chi connectivity index (χ0v) is 9.29. The Bertz CT molecular complexity index is 123. The molecule has 0 amide bonds. The van der Waals surface area contributed by atoms with E-state index >= 15 is 0 Å². The second-order valence-corrected chi connectivity index (χ2v) is 4.79. The third-order valence-electron chi connectivity index (χ3n) is 2.55. The van der Waals surface area contributed by atoms with Crippen molar-refractivity contribution in [1.29, 1.82) is 0 Å². The summed E-state index contributed by atoms with van der Waals surface area (Å²) in [5.41, 5.74) is 0. The molecule has 1 rings (SSSR count). The molecule has 0 aliphatic heterocycles. The van der Waals surface area contributed by atoms with Crippen molar-refractivity contribution in [1.82, 2.24) is 5.32 Å². The van der Waals surface area contributed by atoms with Crippen LogP contribution in [0.2, 0.25) is 0 Å². The highest BCUT2D eigenvalue weighted by Crippen LogP contribution is 2.34. The van der Waals surface area contributed by atoms with Crippen LogP contribution in [0.25, 0.3) is 0 Å². The van der Waals surface area contributed by atoms with E-state index in [9.17, 15) is 0 Å². The lowest BCUT2D eigenvalue weighted by atomic mass is 10.1. The molecule has 1 N–H and O–H groups in total. The van der Waals surface area contributed by atoms with Crippen LogP contribution in [-0.4, -0.2) is 24.1 Å². The SMILES string of the molecule is CCC(NC(C)CSC)C1CC1.